The molecule has 3 heteroatoms. The van der Waals surface area contributed by atoms with Crippen LogP contribution in [0.15, 0.2) is 30.3 Å². The SMILES string of the molecule is CC1CCN(c2ccccc2)CC(CC#N)N1C. The van der Waals surface area contributed by atoms with Crippen LogP contribution in [0.3, 0.4) is 0 Å². The van der Waals surface area contributed by atoms with E-state index in [4.69, 9.17) is 5.26 Å². The highest BCUT2D eigenvalue weighted by Gasteiger charge is 2.26. The molecule has 1 aromatic carbocycles. The second-order valence-corrected chi connectivity index (χ2v) is 5.10. The highest BCUT2D eigenvalue weighted by Crippen LogP contribution is 2.21. The summed E-state index contributed by atoms with van der Waals surface area (Å²) in [7, 11) is 2.14. The molecule has 1 aliphatic rings. The first-order valence-corrected chi connectivity index (χ1v) is 6.61. The van der Waals surface area contributed by atoms with Gasteiger partial charge in [-0.25, -0.2) is 0 Å². The fourth-order valence-corrected chi connectivity index (χ4v) is 2.57. The van der Waals surface area contributed by atoms with Crippen molar-refractivity contribution in [3.63, 3.8) is 0 Å². The van der Waals surface area contributed by atoms with Crippen LogP contribution in [-0.2, 0) is 0 Å². The molecule has 2 rings (SSSR count). The predicted molar refractivity (Wildman–Crippen MR) is 74.5 cm³/mol. The second-order valence-electron chi connectivity index (χ2n) is 5.10. The Labute approximate surface area is 110 Å². The Morgan fingerprint density at radius 3 is 2.72 bits per heavy atom. The van der Waals surface area contributed by atoms with Gasteiger partial charge in [0.1, 0.15) is 0 Å². The molecule has 0 bridgehead atoms. The molecule has 0 aliphatic carbocycles. The molecule has 1 fully saturated rings. The molecule has 0 radical (unpaired) electrons. The van der Waals surface area contributed by atoms with Crippen LogP contribution in [0, 0.1) is 11.3 Å². The topological polar surface area (TPSA) is 30.3 Å². The molecular weight excluding hydrogens is 222 g/mol. The number of nitriles is 1. The summed E-state index contributed by atoms with van der Waals surface area (Å²) >= 11 is 0. The monoisotopic (exact) mass is 243 g/mol. The minimum atomic E-state index is 0.327. The molecule has 0 N–H and O–H groups in total. The summed E-state index contributed by atoms with van der Waals surface area (Å²) < 4.78 is 0. The third kappa shape index (κ3) is 2.83. The highest BCUT2D eigenvalue weighted by molar-refractivity contribution is 5.46. The van der Waals surface area contributed by atoms with Crippen LogP contribution in [0.5, 0.6) is 0 Å². The van der Waals surface area contributed by atoms with E-state index in [1.54, 1.807) is 0 Å². The van der Waals surface area contributed by atoms with Gasteiger partial charge in [0.15, 0.2) is 0 Å². The molecule has 1 aromatic rings. The Bertz CT molecular complexity index is 409. The van der Waals surface area contributed by atoms with Crippen molar-refractivity contribution < 1.29 is 0 Å². The van der Waals surface area contributed by atoms with Gasteiger partial charge in [0.05, 0.1) is 12.5 Å². The molecule has 1 saturated heterocycles. The van der Waals surface area contributed by atoms with Crippen molar-refractivity contribution in [2.24, 2.45) is 0 Å². The maximum Gasteiger partial charge on any atom is 0.0638 e. The van der Waals surface area contributed by atoms with Crippen LogP contribution >= 0.6 is 0 Å². The number of benzene rings is 1. The summed E-state index contributed by atoms with van der Waals surface area (Å²) in [6.07, 6.45) is 1.75. The highest BCUT2D eigenvalue weighted by atomic mass is 15.2. The zero-order valence-corrected chi connectivity index (χ0v) is 11.2. The molecule has 2 unspecified atom stereocenters. The van der Waals surface area contributed by atoms with Crippen LogP contribution in [0.1, 0.15) is 19.8 Å². The van der Waals surface area contributed by atoms with Gasteiger partial charge in [-0.15, -0.1) is 0 Å². The number of anilines is 1. The lowest BCUT2D eigenvalue weighted by Gasteiger charge is -2.30. The van der Waals surface area contributed by atoms with Crippen LogP contribution in [0.4, 0.5) is 5.69 Å². The van der Waals surface area contributed by atoms with Crippen LogP contribution < -0.4 is 4.90 Å². The fraction of sp³-hybridized carbons (Fsp3) is 0.533. The van der Waals surface area contributed by atoms with Gasteiger partial charge < -0.3 is 4.90 Å². The molecular formula is C15H21N3. The van der Waals surface area contributed by atoms with Crippen LogP contribution in [-0.4, -0.2) is 37.1 Å². The summed E-state index contributed by atoms with van der Waals surface area (Å²) in [4.78, 5) is 4.76. The van der Waals surface area contributed by atoms with Gasteiger partial charge in [-0.3, -0.25) is 4.90 Å². The molecule has 0 spiro atoms. The summed E-state index contributed by atoms with van der Waals surface area (Å²) in [6.45, 7) is 4.26. The zero-order valence-electron chi connectivity index (χ0n) is 11.2. The van der Waals surface area contributed by atoms with Crippen molar-refractivity contribution in [2.45, 2.75) is 31.8 Å². The maximum atomic E-state index is 8.98. The number of hydrogen-bond donors (Lipinski definition) is 0. The Balaban J connectivity index is 2.16. The molecule has 2 atom stereocenters. The standard InChI is InChI=1S/C15H21N3/c1-13-9-11-18(14-6-4-3-5-7-14)12-15(8-10-16)17(13)2/h3-7,13,15H,8-9,11-12H2,1-2H3. The van der Waals surface area contributed by atoms with Gasteiger partial charge in [-0.2, -0.15) is 5.26 Å². The number of para-hydroxylation sites is 1. The first-order chi connectivity index (χ1) is 8.72. The van der Waals surface area contributed by atoms with E-state index in [1.807, 2.05) is 6.07 Å². The number of likely N-dealkylation sites (N-methyl/N-ethyl adjacent to an activating group) is 1. The predicted octanol–water partition coefficient (Wildman–Crippen LogP) is 2.50. The van der Waals surface area contributed by atoms with Crippen molar-refractivity contribution in [2.75, 3.05) is 25.0 Å². The molecule has 1 aliphatic heterocycles. The molecule has 0 aromatic heterocycles. The average molecular weight is 243 g/mol. The van der Waals surface area contributed by atoms with E-state index in [2.05, 4.69) is 54.1 Å². The molecule has 0 saturated carbocycles. The van der Waals surface area contributed by atoms with Gasteiger partial charge >= 0.3 is 0 Å². The van der Waals surface area contributed by atoms with Crippen molar-refractivity contribution in [3.8, 4) is 6.07 Å². The number of nitrogens with zero attached hydrogens (tertiary/aromatic N) is 3. The van der Waals surface area contributed by atoms with Crippen molar-refractivity contribution >= 4 is 5.69 Å². The Morgan fingerprint density at radius 1 is 1.33 bits per heavy atom. The second kappa shape index (κ2) is 5.88. The van der Waals surface area contributed by atoms with Crippen molar-refractivity contribution in [1.82, 2.24) is 4.90 Å². The van der Waals surface area contributed by atoms with E-state index in [0.717, 1.165) is 19.5 Å². The third-order valence-electron chi connectivity index (χ3n) is 3.97. The van der Waals surface area contributed by atoms with Crippen LogP contribution in [0.2, 0.25) is 0 Å². The molecule has 3 nitrogen and oxygen atoms in total. The van der Waals surface area contributed by atoms with Crippen LogP contribution in [0.25, 0.3) is 0 Å². The third-order valence-corrected chi connectivity index (χ3v) is 3.97. The zero-order chi connectivity index (χ0) is 13.0. The van der Waals surface area contributed by atoms with E-state index in [1.165, 1.54) is 5.69 Å². The largest absolute Gasteiger partial charge is 0.370 e. The summed E-state index contributed by atoms with van der Waals surface area (Å²) in [5.74, 6) is 0. The number of hydrogen-bond acceptors (Lipinski definition) is 3. The van der Waals surface area contributed by atoms with Gasteiger partial charge in [-0.1, -0.05) is 18.2 Å². The minimum absolute atomic E-state index is 0.327. The van der Waals surface area contributed by atoms with Gasteiger partial charge in [0.25, 0.3) is 0 Å². The Kier molecular flexibility index (Phi) is 4.22. The lowest BCUT2D eigenvalue weighted by molar-refractivity contribution is 0.199. The van der Waals surface area contributed by atoms with Crippen molar-refractivity contribution in [1.29, 1.82) is 5.26 Å². The normalized spacial score (nSPS) is 25.5. The Hall–Kier alpha value is -1.53. The first-order valence-electron chi connectivity index (χ1n) is 6.61. The fourth-order valence-electron chi connectivity index (χ4n) is 2.57. The molecule has 1 heterocycles. The smallest absolute Gasteiger partial charge is 0.0638 e. The van der Waals surface area contributed by atoms with E-state index < -0.39 is 0 Å². The van der Waals surface area contributed by atoms with E-state index in [9.17, 15) is 0 Å². The number of rotatable bonds is 2. The van der Waals surface area contributed by atoms with E-state index in [0.29, 0.717) is 18.5 Å². The van der Waals surface area contributed by atoms with Gasteiger partial charge in [0, 0.05) is 30.9 Å². The minimum Gasteiger partial charge on any atom is -0.370 e. The molecule has 0 amide bonds. The molecule has 18 heavy (non-hydrogen) atoms. The summed E-state index contributed by atoms with van der Waals surface area (Å²) in [5, 5.41) is 8.98. The lowest BCUT2D eigenvalue weighted by atomic mass is 10.1. The quantitative estimate of drug-likeness (QED) is 0.799. The summed E-state index contributed by atoms with van der Waals surface area (Å²) in [5.41, 5.74) is 1.27. The lowest BCUT2D eigenvalue weighted by Crippen LogP contribution is -2.41. The van der Waals surface area contributed by atoms with E-state index in [-0.39, 0.29) is 0 Å². The van der Waals surface area contributed by atoms with Gasteiger partial charge in [-0.05, 0) is 32.5 Å². The average Bonchev–Trinajstić information content (AvgIpc) is 2.54. The first kappa shape index (κ1) is 12.9. The van der Waals surface area contributed by atoms with Crippen molar-refractivity contribution in [3.05, 3.63) is 30.3 Å². The Morgan fingerprint density at radius 2 is 2.06 bits per heavy atom. The van der Waals surface area contributed by atoms with E-state index >= 15 is 0 Å². The maximum absolute atomic E-state index is 8.98. The van der Waals surface area contributed by atoms with Gasteiger partial charge in [0.2, 0.25) is 0 Å². The summed E-state index contributed by atoms with van der Waals surface area (Å²) in [6, 6.07) is 13.7. The molecule has 96 valence electrons.